The van der Waals surface area contributed by atoms with Crippen molar-refractivity contribution in [2.45, 2.75) is 12.5 Å². The van der Waals surface area contributed by atoms with Crippen molar-refractivity contribution in [3.8, 4) is 17.2 Å². The molecule has 7 heteroatoms. The molecule has 1 aromatic carbocycles. The monoisotopic (exact) mass is 283 g/mol. The highest BCUT2D eigenvalue weighted by molar-refractivity contribution is 5.70. The lowest BCUT2D eigenvalue weighted by Gasteiger charge is -2.21. The van der Waals surface area contributed by atoms with E-state index in [1.54, 1.807) is 12.1 Å². The van der Waals surface area contributed by atoms with Crippen molar-refractivity contribution < 1.29 is 28.9 Å². The smallest absolute Gasteiger partial charge is 0.305 e. The Balaban J connectivity index is 3.36. The van der Waals surface area contributed by atoms with E-state index < -0.39 is 12.0 Å². The minimum atomic E-state index is -1.05. The van der Waals surface area contributed by atoms with Gasteiger partial charge in [0.05, 0.1) is 39.4 Å². The number of aliphatic carboxylic acids is 1. The van der Waals surface area contributed by atoms with Crippen molar-refractivity contribution >= 4 is 12.4 Å². The summed E-state index contributed by atoms with van der Waals surface area (Å²) in [6, 6.07) is 2.43. The summed E-state index contributed by atoms with van der Waals surface area (Å²) in [5, 5.41) is 11.4. The summed E-state index contributed by atoms with van der Waals surface area (Å²) in [6.07, 6.45) is 0.147. The topological polar surface area (TPSA) is 94.1 Å². The second-order valence-corrected chi connectivity index (χ2v) is 3.88. The van der Waals surface area contributed by atoms with Crippen molar-refractivity contribution in [3.63, 3.8) is 0 Å². The molecule has 0 fully saturated rings. The molecule has 2 N–H and O–H groups in total. The molecule has 0 aliphatic carbocycles. The maximum Gasteiger partial charge on any atom is 0.305 e. The fraction of sp³-hybridized carbons (Fsp3) is 0.385. The van der Waals surface area contributed by atoms with E-state index in [1.807, 2.05) is 0 Å². The van der Waals surface area contributed by atoms with Crippen LogP contribution in [0.3, 0.4) is 0 Å². The third-order valence-corrected chi connectivity index (χ3v) is 2.75. The van der Waals surface area contributed by atoms with Gasteiger partial charge >= 0.3 is 5.97 Å². The quantitative estimate of drug-likeness (QED) is 0.690. The van der Waals surface area contributed by atoms with E-state index in [-0.39, 0.29) is 6.42 Å². The molecule has 0 aliphatic rings. The SMILES string of the molecule is COc1cc(OC)c([C@H](CC(=O)O)NC=O)c(OC)c1. The number of nitrogens with one attached hydrogen (secondary N) is 1. The Morgan fingerprint density at radius 3 is 2.15 bits per heavy atom. The third-order valence-electron chi connectivity index (χ3n) is 2.75. The van der Waals surface area contributed by atoms with E-state index in [4.69, 9.17) is 19.3 Å². The molecule has 0 spiro atoms. The van der Waals surface area contributed by atoms with Crippen molar-refractivity contribution in [1.82, 2.24) is 5.32 Å². The molecule has 7 nitrogen and oxygen atoms in total. The van der Waals surface area contributed by atoms with Crippen molar-refractivity contribution in [2.24, 2.45) is 0 Å². The Morgan fingerprint density at radius 2 is 1.80 bits per heavy atom. The van der Waals surface area contributed by atoms with E-state index in [0.717, 1.165) is 0 Å². The first-order chi connectivity index (χ1) is 9.57. The molecule has 0 bridgehead atoms. The highest BCUT2D eigenvalue weighted by atomic mass is 16.5. The van der Waals surface area contributed by atoms with Gasteiger partial charge in [-0.2, -0.15) is 0 Å². The molecule has 0 heterocycles. The number of rotatable bonds is 8. The first kappa shape index (κ1) is 15.6. The first-order valence-electron chi connectivity index (χ1n) is 5.78. The number of hydrogen-bond acceptors (Lipinski definition) is 5. The van der Waals surface area contributed by atoms with Gasteiger partial charge in [-0.25, -0.2) is 0 Å². The highest BCUT2D eigenvalue weighted by Crippen LogP contribution is 2.39. The molecular formula is C13H17NO6. The lowest BCUT2D eigenvalue weighted by atomic mass is 10.0. The zero-order chi connectivity index (χ0) is 15.1. The summed E-state index contributed by atoms with van der Waals surface area (Å²) in [5.41, 5.74) is 0.449. The van der Waals surface area contributed by atoms with Crippen LogP contribution in [0.2, 0.25) is 0 Å². The third kappa shape index (κ3) is 3.53. The second kappa shape index (κ2) is 7.22. The molecule has 1 aromatic rings. The normalized spacial score (nSPS) is 11.3. The molecule has 110 valence electrons. The molecule has 0 saturated carbocycles. The van der Waals surface area contributed by atoms with Crippen LogP contribution in [-0.4, -0.2) is 38.8 Å². The Hall–Kier alpha value is -2.44. The van der Waals surface area contributed by atoms with Crippen LogP contribution >= 0.6 is 0 Å². The number of carboxylic acid groups (broad SMARTS) is 1. The molecule has 20 heavy (non-hydrogen) atoms. The lowest BCUT2D eigenvalue weighted by molar-refractivity contribution is -0.137. The summed E-state index contributed by atoms with van der Waals surface area (Å²) < 4.78 is 15.6. The molecule has 0 radical (unpaired) electrons. The molecular weight excluding hydrogens is 266 g/mol. The van der Waals surface area contributed by atoms with Gasteiger partial charge in [-0.15, -0.1) is 0 Å². The first-order valence-corrected chi connectivity index (χ1v) is 5.78. The van der Waals surface area contributed by atoms with Crippen LogP contribution in [-0.2, 0) is 9.59 Å². The fourth-order valence-electron chi connectivity index (χ4n) is 1.88. The van der Waals surface area contributed by atoms with Gasteiger partial charge < -0.3 is 24.6 Å². The van der Waals surface area contributed by atoms with E-state index in [1.165, 1.54) is 21.3 Å². The molecule has 1 amide bonds. The Labute approximate surface area is 116 Å². The molecule has 0 aliphatic heterocycles. The molecule has 0 saturated heterocycles. The predicted octanol–water partition coefficient (Wildman–Crippen LogP) is 0.974. The number of benzene rings is 1. The van der Waals surface area contributed by atoms with Gasteiger partial charge in [0.25, 0.3) is 0 Å². The number of carboxylic acids is 1. The number of carbonyl (C=O) groups excluding carboxylic acids is 1. The second-order valence-electron chi connectivity index (χ2n) is 3.88. The summed E-state index contributed by atoms with van der Waals surface area (Å²) in [4.78, 5) is 21.6. The van der Waals surface area contributed by atoms with Crippen LogP contribution < -0.4 is 19.5 Å². The minimum Gasteiger partial charge on any atom is -0.496 e. The van der Waals surface area contributed by atoms with Crippen molar-refractivity contribution in [3.05, 3.63) is 17.7 Å². The van der Waals surface area contributed by atoms with Crippen LogP contribution in [0, 0.1) is 0 Å². The van der Waals surface area contributed by atoms with E-state index in [2.05, 4.69) is 5.32 Å². The van der Waals surface area contributed by atoms with Gasteiger partial charge in [0.1, 0.15) is 17.2 Å². The van der Waals surface area contributed by atoms with Crippen molar-refractivity contribution in [1.29, 1.82) is 0 Å². The summed E-state index contributed by atoms with van der Waals surface area (Å²) in [7, 11) is 4.37. The average molecular weight is 283 g/mol. The van der Waals surface area contributed by atoms with Crippen LogP contribution in [0.15, 0.2) is 12.1 Å². The number of hydrogen-bond donors (Lipinski definition) is 2. The number of carbonyl (C=O) groups is 2. The van der Waals surface area contributed by atoms with Crippen LogP contribution in [0.1, 0.15) is 18.0 Å². The van der Waals surface area contributed by atoms with Gasteiger partial charge in [-0.3, -0.25) is 9.59 Å². The number of methoxy groups -OCH3 is 3. The van der Waals surface area contributed by atoms with Crippen LogP contribution in [0.5, 0.6) is 17.2 Å². The zero-order valence-electron chi connectivity index (χ0n) is 11.5. The molecule has 0 aromatic heterocycles. The summed E-state index contributed by atoms with van der Waals surface area (Å²) in [5.74, 6) is 0.204. The fourth-order valence-corrected chi connectivity index (χ4v) is 1.88. The van der Waals surface area contributed by atoms with Gasteiger partial charge in [-0.05, 0) is 0 Å². The largest absolute Gasteiger partial charge is 0.496 e. The van der Waals surface area contributed by atoms with Crippen LogP contribution in [0.25, 0.3) is 0 Å². The zero-order valence-corrected chi connectivity index (χ0v) is 11.5. The van der Waals surface area contributed by atoms with Gasteiger partial charge in [0.15, 0.2) is 0 Å². The summed E-state index contributed by atoms with van der Waals surface area (Å²) in [6.45, 7) is 0. The molecule has 1 rings (SSSR count). The molecule has 0 unspecified atom stereocenters. The average Bonchev–Trinajstić information content (AvgIpc) is 2.44. The van der Waals surface area contributed by atoms with E-state index in [0.29, 0.717) is 29.2 Å². The number of ether oxygens (including phenoxy) is 3. The van der Waals surface area contributed by atoms with E-state index >= 15 is 0 Å². The lowest BCUT2D eigenvalue weighted by Crippen LogP contribution is -2.23. The van der Waals surface area contributed by atoms with Gasteiger partial charge in [-0.1, -0.05) is 0 Å². The van der Waals surface area contributed by atoms with Crippen LogP contribution in [0.4, 0.5) is 0 Å². The Bertz CT molecular complexity index is 463. The predicted molar refractivity (Wildman–Crippen MR) is 70.3 cm³/mol. The van der Waals surface area contributed by atoms with E-state index in [9.17, 15) is 9.59 Å². The summed E-state index contributed by atoms with van der Waals surface area (Å²) >= 11 is 0. The maximum atomic E-state index is 10.9. The maximum absolute atomic E-state index is 10.9. The molecule has 1 atom stereocenters. The van der Waals surface area contributed by atoms with Gasteiger partial charge in [0.2, 0.25) is 6.41 Å². The van der Waals surface area contributed by atoms with Gasteiger partial charge in [0, 0.05) is 12.1 Å². The van der Waals surface area contributed by atoms with Crippen molar-refractivity contribution in [2.75, 3.05) is 21.3 Å². The standard InChI is InChI=1S/C13H17NO6/c1-18-8-4-10(19-2)13(11(5-8)20-3)9(14-7-15)6-12(16)17/h4-5,7,9H,6H2,1-3H3,(H,14,15)(H,16,17)/t9-/m0/s1. The minimum absolute atomic E-state index is 0.294. The number of amides is 1. The Morgan fingerprint density at radius 1 is 1.25 bits per heavy atom. The Kier molecular flexibility index (Phi) is 5.64. The highest BCUT2D eigenvalue weighted by Gasteiger charge is 2.24.